The largest absolute Gasteiger partial charge is 0.412 e. The first-order chi connectivity index (χ1) is 0. The molecule has 5 heavy (non-hydrogen) atoms. The van der Waals surface area contributed by atoms with E-state index in [1.807, 2.05) is 0 Å². The van der Waals surface area contributed by atoms with E-state index < -0.39 is 0 Å². The Morgan fingerprint density at radius 3 is 1.00 bits per heavy atom. The van der Waals surface area contributed by atoms with Crippen LogP contribution >= 0.6 is 0 Å². The van der Waals surface area contributed by atoms with Gasteiger partial charge in [-0.25, -0.2) is 0 Å². The molecule has 0 unspecified atom stereocenters. The molecule has 0 rings (SSSR count). The summed E-state index contributed by atoms with van der Waals surface area (Å²) >= 11 is 0. The third-order valence-electron chi connectivity index (χ3n) is 0. The van der Waals surface area contributed by atoms with Gasteiger partial charge in [-0.1, -0.05) is 0 Å². The summed E-state index contributed by atoms with van der Waals surface area (Å²) in [6.45, 7) is 0. The van der Waals surface area contributed by atoms with E-state index in [9.17, 15) is 0 Å². The van der Waals surface area contributed by atoms with Gasteiger partial charge in [0.15, 0.2) is 0 Å². The number of hydrogen-bond donors (Lipinski definition) is 0. The van der Waals surface area contributed by atoms with Crippen molar-refractivity contribution >= 4 is 162 Å². The van der Waals surface area contributed by atoms with E-state index in [4.69, 9.17) is 0 Å². The monoisotopic (exact) mass is 307 g/mol. The standard InChI is InChI=1S/Ba.Ca.Na.H2O.Sr/h;;;1H2;. The molecule has 0 aromatic carbocycles. The smallest absolute Gasteiger partial charge is 0 e. The van der Waals surface area contributed by atoms with E-state index in [-0.39, 0.29) is 167 Å². The summed E-state index contributed by atoms with van der Waals surface area (Å²) in [5.41, 5.74) is 0. The zero-order valence-electron chi connectivity index (χ0n) is 3.62. The van der Waals surface area contributed by atoms with Crippen LogP contribution < -0.4 is 0 Å². The first-order valence-corrected chi connectivity index (χ1v) is 0. The van der Waals surface area contributed by atoms with Crippen molar-refractivity contribution in [2.24, 2.45) is 0 Å². The zero-order valence-corrected chi connectivity index (χ0v) is 15.7. The molecule has 0 atom stereocenters. The van der Waals surface area contributed by atoms with Gasteiger partial charge in [0, 0.05) is 162 Å². The quantitative estimate of drug-likeness (QED) is 0.449. The zero-order chi connectivity index (χ0) is 0. The van der Waals surface area contributed by atoms with Crippen molar-refractivity contribution in [3.8, 4) is 0 Å². The van der Waals surface area contributed by atoms with Gasteiger partial charge in [-0.05, 0) is 0 Å². The molecule has 0 saturated heterocycles. The summed E-state index contributed by atoms with van der Waals surface area (Å²) < 4.78 is 0. The summed E-state index contributed by atoms with van der Waals surface area (Å²) in [7, 11) is 0. The maximum atomic E-state index is 0. The van der Waals surface area contributed by atoms with Crippen LogP contribution in [0.15, 0.2) is 0 Å². The predicted molar refractivity (Wildman–Crippen MR) is 26.6 cm³/mol. The predicted octanol–water partition coefficient (Wildman–Crippen LogP) is -2.35. The number of rotatable bonds is 0. The molecule has 7 radical (unpaired) electrons. The first kappa shape index (κ1) is 31.8. The van der Waals surface area contributed by atoms with Crippen LogP contribution in [-0.4, -0.2) is 167 Å². The molecule has 5 heteroatoms. The van der Waals surface area contributed by atoms with Gasteiger partial charge in [-0.15, -0.1) is 0 Å². The van der Waals surface area contributed by atoms with E-state index in [0.29, 0.717) is 0 Å². The first-order valence-electron chi connectivity index (χ1n) is 0. The molecule has 0 spiro atoms. The Morgan fingerprint density at radius 1 is 1.00 bits per heavy atom. The molecule has 0 aliphatic carbocycles. The van der Waals surface area contributed by atoms with Crippen LogP contribution in [0.2, 0.25) is 0 Å². The number of hydrogen-bond acceptors (Lipinski definition) is 0. The second-order valence-corrected chi connectivity index (χ2v) is 0. The SMILES string of the molecule is O.[Ba].[Ca].[Na].[Sr]. The summed E-state index contributed by atoms with van der Waals surface area (Å²) in [4.78, 5) is 0. The second-order valence-electron chi connectivity index (χ2n) is 0. The Kier molecular flexibility index (Phi) is 145. The van der Waals surface area contributed by atoms with Crippen LogP contribution in [0.1, 0.15) is 0 Å². The normalized spacial score (nSPS) is 0. The fourth-order valence-electron chi connectivity index (χ4n) is 0. The second kappa shape index (κ2) is 22.8. The van der Waals surface area contributed by atoms with Crippen LogP contribution in [0.3, 0.4) is 0 Å². The average molecular weight is 306 g/mol. The van der Waals surface area contributed by atoms with E-state index in [2.05, 4.69) is 0 Å². The van der Waals surface area contributed by atoms with Crippen LogP contribution in [0.25, 0.3) is 0 Å². The molecule has 1 nitrogen and oxygen atoms in total. The van der Waals surface area contributed by atoms with E-state index in [1.165, 1.54) is 0 Å². The molecule has 0 aromatic rings. The Morgan fingerprint density at radius 2 is 1.00 bits per heavy atom. The van der Waals surface area contributed by atoms with Gasteiger partial charge < -0.3 is 5.48 Å². The van der Waals surface area contributed by atoms with E-state index >= 15 is 0 Å². The van der Waals surface area contributed by atoms with Gasteiger partial charge in [0.05, 0.1) is 0 Å². The topological polar surface area (TPSA) is 31.5 Å². The minimum Gasteiger partial charge on any atom is -0.412 e. The molecule has 0 fully saturated rings. The van der Waals surface area contributed by atoms with E-state index in [1.54, 1.807) is 0 Å². The molecule has 2 N–H and O–H groups in total. The fraction of sp³-hybridized carbons (Fsp3) is 0. The van der Waals surface area contributed by atoms with Crippen LogP contribution in [0.5, 0.6) is 0 Å². The van der Waals surface area contributed by atoms with Crippen molar-refractivity contribution in [3.63, 3.8) is 0 Å². The maximum absolute atomic E-state index is 0. The molecule has 0 bridgehead atoms. The minimum absolute atomic E-state index is 0. The summed E-state index contributed by atoms with van der Waals surface area (Å²) in [5, 5.41) is 0. The van der Waals surface area contributed by atoms with Crippen LogP contribution in [0.4, 0.5) is 0 Å². The molecular weight excluding hydrogens is 304 g/mol. The molecule has 0 aliphatic heterocycles. The Bertz CT molecular complexity index is 11.6. The van der Waals surface area contributed by atoms with Crippen LogP contribution in [0, 0.1) is 0 Å². The average Bonchev–Trinajstić information content (AvgIpc) is 0. The van der Waals surface area contributed by atoms with Crippen molar-refractivity contribution in [3.05, 3.63) is 0 Å². The van der Waals surface area contributed by atoms with Gasteiger partial charge in [-0.3, -0.25) is 0 Å². The van der Waals surface area contributed by atoms with Crippen molar-refractivity contribution in [2.45, 2.75) is 0 Å². The molecular formula is H2BaCaNaOSr. The minimum atomic E-state index is 0. The summed E-state index contributed by atoms with van der Waals surface area (Å²) in [5.74, 6) is 0. The van der Waals surface area contributed by atoms with Crippen LogP contribution in [-0.2, 0) is 0 Å². The maximum Gasteiger partial charge on any atom is 0 e. The van der Waals surface area contributed by atoms with Gasteiger partial charge in [0.25, 0.3) is 0 Å². The molecule has 0 aliphatic rings. The van der Waals surface area contributed by atoms with E-state index in [0.717, 1.165) is 0 Å². The van der Waals surface area contributed by atoms with Gasteiger partial charge >= 0.3 is 0 Å². The van der Waals surface area contributed by atoms with Crippen molar-refractivity contribution in [2.75, 3.05) is 0 Å². The van der Waals surface area contributed by atoms with Crippen molar-refractivity contribution < 1.29 is 5.48 Å². The van der Waals surface area contributed by atoms with Gasteiger partial charge in [0.2, 0.25) is 0 Å². The van der Waals surface area contributed by atoms with Gasteiger partial charge in [-0.2, -0.15) is 0 Å². The summed E-state index contributed by atoms with van der Waals surface area (Å²) in [6.07, 6.45) is 0. The molecule has 0 aromatic heterocycles. The van der Waals surface area contributed by atoms with Crippen molar-refractivity contribution in [1.82, 2.24) is 0 Å². The Labute approximate surface area is 161 Å². The Balaban J connectivity index is 0. The molecule has 0 saturated carbocycles. The van der Waals surface area contributed by atoms with Crippen molar-refractivity contribution in [1.29, 1.82) is 0 Å². The molecule has 15 valence electrons. The third kappa shape index (κ3) is 17.6. The van der Waals surface area contributed by atoms with Gasteiger partial charge in [0.1, 0.15) is 0 Å². The molecule has 0 amide bonds. The fourth-order valence-corrected chi connectivity index (χ4v) is 0. The summed E-state index contributed by atoms with van der Waals surface area (Å²) in [6, 6.07) is 0. The molecule has 0 heterocycles. The Hall–Kier alpha value is 5.27. The third-order valence-corrected chi connectivity index (χ3v) is 0.